The zero-order valence-corrected chi connectivity index (χ0v) is 12.4. The smallest absolute Gasteiger partial charge is 0.220 e. The summed E-state index contributed by atoms with van der Waals surface area (Å²) in [5.41, 5.74) is -0.382. The molecule has 112 valence electrons. The Hall–Kier alpha value is -1.51. The van der Waals surface area contributed by atoms with Crippen LogP contribution in [0.3, 0.4) is 0 Å². The van der Waals surface area contributed by atoms with Gasteiger partial charge in [-0.05, 0) is 30.7 Å². The molecular formula is C17H26O3. The molecule has 0 spiro atoms. The second kappa shape index (κ2) is 10.3. The standard InChI is InChI=1S/C17H26O3/c1-2-3-4-5-6-7-8-9-14-20-15-10-12-16(18)17(19)13-11-15/h10-13H,2-9,14H2,1H3,(H,18,19). The number of aromatic hydroxyl groups is 1. The molecule has 0 unspecified atom stereocenters. The van der Waals surface area contributed by atoms with Crippen molar-refractivity contribution >= 4 is 0 Å². The molecule has 0 aliphatic carbocycles. The van der Waals surface area contributed by atoms with Crippen LogP contribution in [0.4, 0.5) is 0 Å². The third-order valence-electron chi connectivity index (χ3n) is 3.32. The minimum absolute atomic E-state index is 0.244. The van der Waals surface area contributed by atoms with Gasteiger partial charge in [-0.3, -0.25) is 4.79 Å². The summed E-state index contributed by atoms with van der Waals surface area (Å²) in [7, 11) is 0. The van der Waals surface area contributed by atoms with Gasteiger partial charge in [0.1, 0.15) is 5.75 Å². The van der Waals surface area contributed by atoms with Crippen LogP contribution in [0.5, 0.6) is 11.5 Å². The van der Waals surface area contributed by atoms with Crippen LogP contribution in [0.1, 0.15) is 58.3 Å². The van der Waals surface area contributed by atoms with Crippen LogP contribution in [0.2, 0.25) is 0 Å². The average Bonchev–Trinajstić information content (AvgIpc) is 2.61. The van der Waals surface area contributed by atoms with E-state index in [1.807, 2.05) is 0 Å². The van der Waals surface area contributed by atoms with Gasteiger partial charge in [-0.1, -0.05) is 51.9 Å². The van der Waals surface area contributed by atoms with Gasteiger partial charge in [0.2, 0.25) is 5.43 Å². The van der Waals surface area contributed by atoms with Crippen LogP contribution in [0, 0.1) is 0 Å². The number of hydrogen-bond donors (Lipinski definition) is 1. The molecule has 0 amide bonds. The zero-order chi connectivity index (χ0) is 14.6. The molecule has 20 heavy (non-hydrogen) atoms. The second-order valence-electron chi connectivity index (χ2n) is 5.14. The molecular weight excluding hydrogens is 252 g/mol. The minimum atomic E-state index is -0.382. The Kier molecular flexibility index (Phi) is 8.52. The third-order valence-corrected chi connectivity index (χ3v) is 3.32. The van der Waals surface area contributed by atoms with Crippen LogP contribution in [-0.2, 0) is 0 Å². The van der Waals surface area contributed by atoms with Crippen LogP contribution < -0.4 is 10.2 Å². The predicted molar refractivity (Wildman–Crippen MR) is 82.5 cm³/mol. The quantitative estimate of drug-likeness (QED) is 0.650. The Morgan fingerprint density at radius 3 is 2.20 bits per heavy atom. The van der Waals surface area contributed by atoms with E-state index >= 15 is 0 Å². The highest BCUT2D eigenvalue weighted by molar-refractivity contribution is 5.27. The van der Waals surface area contributed by atoms with Gasteiger partial charge in [-0.15, -0.1) is 0 Å². The predicted octanol–water partition coefficient (Wildman–Crippen LogP) is 4.27. The van der Waals surface area contributed by atoms with E-state index in [1.54, 1.807) is 12.1 Å². The van der Waals surface area contributed by atoms with E-state index in [4.69, 9.17) is 4.74 Å². The molecule has 0 saturated carbocycles. The van der Waals surface area contributed by atoms with E-state index in [9.17, 15) is 9.90 Å². The summed E-state index contributed by atoms with van der Waals surface area (Å²) in [4.78, 5) is 11.2. The third kappa shape index (κ3) is 7.17. The lowest BCUT2D eigenvalue weighted by molar-refractivity contribution is 0.304. The van der Waals surface area contributed by atoms with Gasteiger partial charge in [0.05, 0.1) is 6.61 Å². The van der Waals surface area contributed by atoms with Crippen LogP contribution in [-0.4, -0.2) is 11.7 Å². The molecule has 0 bridgehead atoms. The van der Waals surface area contributed by atoms with E-state index in [2.05, 4.69) is 6.92 Å². The first kappa shape index (κ1) is 16.5. The summed E-state index contributed by atoms with van der Waals surface area (Å²) in [6.07, 6.45) is 10.1. The Bertz CT molecular complexity index is 429. The average molecular weight is 278 g/mol. The summed E-state index contributed by atoms with van der Waals surface area (Å²) in [6.45, 7) is 2.89. The summed E-state index contributed by atoms with van der Waals surface area (Å²) >= 11 is 0. The van der Waals surface area contributed by atoms with Gasteiger partial charge < -0.3 is 9.84 Å². The molecule has 0 aromatic heterocycles. The van der Waals surface area contributed by atoms with E-state index in [-0.39, 0.29) is 11.2 Å². The maximum atomic E-state index is 11.2. The fourth-order valence-electron chi connectivity index (χ4n) is 2.06. The second-order valence-corrected chi connectivity index (χ2v) is 5.14. The Morgan fingerprint density at radius 1 is 0.900 bits per heavy atom. The summed E-state index contributed by atoms with van der Waals surface area (Å²) in [5.74, 6) is 0.386. The zero-order valence-electron chi connectivity index (χ0n) is 12.4. The van der Waals surface area contributed by atoms with Gasteiger partial charge in [0.25, 0.3) is 0 Å². The summed E-state index contributed by atoms with van der Waals surface area (Å²) in [6, 6.07) is 5.94. The van der Waals surface area contributed by atoms with E-state index in [0.717, 1.165) is 6.42 Å². The first-order valence-electron chi connectivity index (χ1n) is 7.70. The monoisotopic (exact) mass is 278 g/mol. The normalized spacial score (nSPS) is 10.4. The van der Waals surface area contributed by atoms with Gasteiger partial charge in [0.15, 0.2) is 5.75 Å². The topological polar surface area (TPSA) is 46.5 Å². The highest BCUT2D eigenvalue weighted by atomic mass is 16.5. The molecule has 1 rings (SSSR count). The fourth-order valence-corrected chi connectivity index (χ4v) is 2.06. The first-order chi connectivity index (χ1) is 9.74. The van der Waals surface area contributed by atoms with Crippen molar-refractivity contribution in [2.75, 3.05) is 6.61 Å². The number of ether oxygens (including phenoxy) is 1. The lowest BCUT2D eigenvalue weighted by atomic mass is 10.1. The fraction of sp³-hybridized carbons (Fsp3) is 0.588. The molecule has 0 aliphatic heterocycles. The highest BCUT2D eigenvalue weighted by Crippen LogP contribution is 2.12. The largest absolute Gasteiger partial charge is 0.504 e. The van der Waals surface area contributed by atoms with Gasteiger partial charge >= 0.3 is 0 Å². The molecule has 0 aliphatic rings. The maximum Gasteiger partial charge on any atom is 0.220 e. The summed E-state index contributed by atoms with van der Waals surface area (Å²) in [5, 5.41) is 9.27. The highest BCUT2D eigenvalue weighted by Gasteiger charge is 1.96. The van der Waals surface area contributed by atoms with E-state index in [0.29, 0.717) is 12.4 Å². The van der Waals surface area contributed by atoms with Crippen molar-refractivity contribution in [2.45, 2.75) is 58.3 Å². The van der Waals surface area contributed by atoms with Crippen LogP contribution in [0.25, 0.3) is 0 Å². The molecule has 0 heterocycles. The van der Waals surface area contributed by atoms with Gasteiger partial charge in [0, 0.05) is 0 Å². The Labute approximate surface area is 121 Å². The van der Waals surface area contributed by atoms with Crippen molar-refractivity contribution in [3.63, 3.8) is 0 Å². The van der Waals surface area contributed by atoms with Crippen molar-refractivity contribution in [3.8, 4) is 11.5 Å². The van der Waals surface area contributed by atoms with Crippen LogP contribution in [0.15, 0.2) is 29.1 Å². The molecule has 1 N–H and O–H groups in total. The summed E-state index contributed by atoms with van der Waals surface area (Å²) < 4.78 is 5.57. The van der Waals surface area contributed by atoms with E-state index < -0.39 is 0 Å². The molecule has 0 fully saturated rings. The first-order valence-corrected chi connectivity index (χ1v) is 7.70. The van der Waals surface area contributed by atoms with Crippen LogP contribution >= 0.6 is 0 Å². The van der Waals surface area contributed by atoms with Crippen molar-refractivity contribution < 1.29 is 9.84 Å². The molecule has 0 atom stereocenters. The number of rotatable bonds is 10. The molecule has 0 saturated heterocycles. The van der Waals surface area contributed by atoms with Crippen molar-refractivity contribution in [3.05, 3.63) is 34.5 Å². The van der Waals surface area contributed by atoms with Crippen molar-refractivity contribution in [1.82, 2.24) is 0 Å². The molecule has 1 aromatic carbocycles. The number of unbranched alkanes of at least 4 members (excludes halogenated alkanes) is 7. The Balaban J connectivity index is 2.10. The Morgan fingerprint density at radius 2 is 1.50 bits per heavy atom. The molecule has 3 heteroatoms. The van der Waals surface area contributed by atoms with Crippen molar-refractivity contribution in [1.29, 1.82) is 0 Å². The molecule has 3 nitrogen and oxygen atoms in total. The molecule has 1 aromatic rings. The van der Waals surface area contributed by atoms with Gasteiger partial charge in [-0.2, -0.15) is 0 Å². The maximum absolute atomic E-state index is 11.2. The number of hydrogen-bond acceptors (Lipinski definition) is 3. The van der Waals surface area contributed by atoms with E-state index in [1.165, 1.54) is 57.1 Å². The SMILES string of the molecule is CCCCCCCCCCOc1ccc(O)c(=O)cc1. The lowest BCUT2D eigenvalue weighted by Crippen LogP contribution is -1.96. The minimum Gasteiger partial charge on any atom is -0.504 e. The lowest BCUT2D eigenvalue weighted by Gasteiger charge is -2.04. The molecule has 0 radical (unpaired) electrons. The van der Waals surface area contributed by atoms with Crippen molar-refractivity contribution in [2.24, 2.45) is 0 Å². The van der Waals surface area contributed by atoms with Gasteiger partial charge in [-0.25, -0.2) is 0 Å².